The van der Waals surface area contributed by atoms with Crippen molar-refractivity contribution in [1.29, 1.82) is 0 Å². The van der Waals surface area contributed by atoms with Crippen LogP contribution < -0.4 is 5.32 Å². The van der Waals surface area contributed by atoms with Crippen molar-refractivity contribution in [2.75, 3.05) is 6.54 Å². The van der Waals surface area contributed by atoms with Crippen LogP contribution in [0.25, 0.3) is 0 Å². The van der Waals surface area contributed by atoms with Crippen molar-refractivity contribution in [3.05, 3.63) is 0 Å². The second kappa shape index (κ2) is 6.37. The molecule has 2 N–H and O–H groups in total. The molecule has 2 atom stereocenters. The number of hydrogen-bond acceptors (Lipinski definition) is 3. The highest BCUT2D eigenvalue weighted by Gasteiger charge is 2.34. The Bertz CT molecular complexity index is 343. The second-order valence-electron chi connectivity index (χ2n) is 4.56. The Morgan fingerprint density at radius 3 is 2.61 bits per heavy atom. The molecule has 18 heavy (non-hydrogen) atoms. The third kappa shape index (κ3) is 3.45. The summed E-state index contributed by atoms with van der Waals surface area (Å²) in [5, 5.41) is 11.5. The summed E-state index contributed by atoms with van der Waals surface area (Å²) in [6.07, 6.45) is 2.46. The quantitative estimate of drug-likeness (QED) is 0.744. The summed E-state index contributed by atoms with van der Waals surface area (Å²) < 4.78 is 0. The molecular formula is C12H20N2O4. The van der Waals surface area contributed by atoms with E-state index in [4.69, 9.17) is 5.11 Å². The molecular weight excluding hydrogens is 236 g/mol. The van der Waals surface area contributed by atoms with Gasteiger partial charge in [-0.25, -0.2) is 4.79 Å². The highest BCUT2D eigenvalue weighted by molar-refractivity contribution is 5.90. The molecule has 0 saturated carbocycles. The summed E-state index contributed by atoms with van der Waals surface area (Å²) >= 11 is 0. The van der Waals surface area contributed by atoms with Crippen LogP contribution >= 0.6 is 0 Å². The van der Waals surface area contributed by atoms with Crippen LogP contribution in [0.15, 0.2) is 0 Å². The average Bonchev–Trinajstić information content (AvgIpc) is 2.77. The zero-order valence-corrected chi connectivity index (χ0v) is 10.8. The molecule has 0 aliphatic carbocycles. The molecule has 1 aliphatic heterocycles. The van der Waals surface area contributed by atoms with E-state index in [0.29, 0.717) is 25.8 Å². The fourth-order valence-corrected chi connectivity index (χ4v) is 2.23. The van der Waals surface area contributed by atoms with E-state index in [1.807, 2.05) is 6.92 Å². The molecule has 0 radical (unpaired) electrons. The molecule has 1 fully saturated rings. The van der Waals surface area contributed by atoms with Crippen LogP contribution in [0.3, 0.4) is 0 Å². The van der Waals surface area contributed by atoms with Gasteiger partial charge < -0.3 is 15.3 Å². The average molecular weight is 256 g/mol. The number of likely N-dealkylation sites (tertiary alicyclic amines) is 1. The van der Waals surface area contributed by atoms with Gasteiger partial charge in [-0.2, -0.15) is 0 Å². The van der Waals surface area contributed by atoms with Crippen LogP contribution in [0.5, 0.6) is 0 Å². The van der Waals surface area contributed by atoms with E-state index in [1.54, 1.807) is 0 Å². The van der Waals surface area contributed by atoms with E-state index in [0.717, 1.165) is 6.42 Å². The predicted octanol–water partition coefficient (Wildman–Crippen LogP) is 0.367. The number of hydrogen-bond donors (Lipinski definition) is 2. The molecule has 1 aliphatic rings. The summed E-state index contributed by atoms with van der Waals surface area (Å²) in [7, 11) is 0. The van der Waals surface area contributed by atoms with Crippen molar-refractivity contribution in [2.45, 2.75) is 51.6 Å². The Morgan fingerprint density at radius 1 is 1.44 bits per heavy atom. The summed E-state index contributed by atoms with van der Waals surface area (Å²) in [6.45, 7) is 3.85. The van der Waals surface area contributed by atoms with Crippen LogP contribution in [0, 0.1) is 0 Å². The van der Waals surface area contributed by atoms with Crippen LogP contribution in [0.4, 0.5) is 0 Å². The fraction of sp³-hybridized carbons (Fsp3) is 0.750. The lowest BCUT2D eigenvalue weighted by atomic mass is 10.1. The Labute approximate surface area is 106 Å². The zero-order chi connectivity index (χ0) is 13.7. The standard InChI is InChI=1S/C12H20N2O4/c1-3-5-9(12(17)18)13-11(16)10-6-4-7-14(10)8(2)15/h9-10H,3-7H2,1-2H3,(H,13,16)(H,17,18). The van der Waals surface area contributed by atoms with Gasteiger partial charge in [0.2, 0.25) is 11.8 Å². The van der Waals surface area contributed by atoms with Gasteiger partial charge in [0, 0.05) is 13.5 Å². The van der Waals surface area contributed by atoms with Gasteiger partial charge in [0.15, 0.2) is 0 Å². The Morgan fingerprint density at radius 2 is 2.11 bits per heavy atom. The van der Waals surface area contributed by atoms with Crippen molar-refractivity contribution >= 4 is 17.8 Å². The minimum absolute atomic E-state index is 0.144. The second-order valence-corrected chi connectivity index (χ2v) is 4.56. The molecule has 6 nitrogen and oxygen atoms in total. The van der Waals surface area contributed by atoms with Crippen molar-refractivity contribution in [1.82, 2.24) is 10.2 Å². The summed E-state index contributed by atoms with van der Waals surface area (Å²) in [5.41, 5.74) is 0. The SMILES string of the molecule is CCCC(NC(=O)C1CCCN1C(C)=O)C(=O)O. The number of aliphatic carboxylic acids is 1. The van der Waals surface area contributed by atoms with Gasteiger partial charge in [-0.15, -0.1) is 0 Å². The van der Waals surface area contributed by atoms with Gasteiger partial charge in [0.05, 0.1) is 0 Å². The molecule has 0 bridgehead atoms. The summed E-state index contributed by atoms with van der Waals surface area (Å²) in [4.78, 5) is 35.8. The normalized spacial score (nSPS) is 20.6. The highest BCUT2D eigenvalue weighted by atomic mass is 16.4. The van der Waals surface area contributed by atoms with Gasteiger partial charge in [0.1, 0.15) is 12.1 Å². The van der Waals surface area contributed by atoms with E-state index in [9.17, 15) is 14.4 Å². The molecule has 1 heterocycles. The topological polar surface area (TPSA) is 86.7 Å². The van der Waals surface area contributed by atoms with Gasteiger partial charge >= 0.3 is 5.97 Å². The van der Waals surface area contributed by atoms with Crippen molar-refractivity contribution < 1.29 is 19.5 Å². The number of nitrogens with zero attached hydrogens (tertiary/aromatic N) is 1. The number of rotatable bonds is 5. The minimum atomic E-state index is -1.03. The van der Waals surface area contributed by atoms with Crippen LogP contribution in [0.1, 0.15) is 39.5 Å². The monoisotopic (exact) mass is 256 g/mol. The minimum Gasteiger partial charge on any atom is -0.480 e. The van der Waals surface area contributed by atoms with E-state index in [-0.39, 0.29) is 11.8 Å². The Balaban J connectivity index is 2.63. The lowest BCUT2D eigenvalue weighted by Gasteiger charge is -2.24. The molecule has 1 rings (SSSR count). The number of carbonyl (C=O) groups is 3. The Kier molecular flexibility index (Phi) is 5.12. The molecule has 1 saturated heterocycles. The van der Waals surface area contributed by atoms with Gasteiger partial charge in [-0.05, 0) is 19.3 Å². The number of carboxylic acids is 1. The molecule has 2 unspecified atom stereocenters. The van der Waals surface area contributed by atoms with E-state index in [1.165, 1.54) is 11.8 Å². The highest BCUT2D eigenvalue weighted by Crippen LogP contribution is 2.17. The van der Waals surface area contributed by atoms with E-state index < -0.39 is 18.1 Å². The third-order valence-electron chi connectivity index (χ3n) is 3.15. The number of carboxylic acid groups (broad SMARTS) is 1. The first-order chi connectivity index (χ1) is 8.47. The smallest absolute Gasteiger partial charge is 0.326 e. The number of carbonyl (C=O) groups excluding carboxylic acids is 2. The first-order valence-electron chi connectivity index (χ1n) is 6.27. The molecule has 0 aromatic carbocycles. The largest absolute Gasteiger partial charge is 0.480 e. The van der Waals surface area contributed by atoms with Crippen LogP contribution in [0.2, 0.25) is 0 Å². The fourth-order valence-electron chi connectivity index (χ4n) is 2.23. The zero-order valence-electron chi connectivity index (χ0n) is 10.8. The maximum absolute atomic E-state index is 12.0. The summed E-state index contributed by atoms with van der Waals surface area (Å²) in [6, 6.07) is -1.38. The Hall–Kier alpha value is -1.59. The van der Waals surface area contributed by atoms with Crippen LogP contribution in [-0.4, -0.2) is 46.4 Å². The van der Waals surface area contributed by atoms with Crippen molar-refractivity contribution in [3.63, 3.8) is 0 Å². The molecule has 102 valence electrons. The summed E-state index contributed by atoms with van der Waals surface area (Å²) in [5.74, 6) is -1.53. The lowest BCUT2D eigenvalue weighted by molar-refractivity contribution is -0.143. The van der Waals surface area contributed by atoms with Gasteiger partial charge in [-0.3, -0.25) is 9.59 Å². The number of amides is 2. The maximum Gasteiger partial charge on any atom is 0.326 e. The van der Waals surface area contributed by atoms with Crippen molar-refractivity contribution in [2.24, 2.45) is 0 Å². The van der Waals surface area contributed by atoms with Crippen molar-refractivity contribution in [3.8, 4) is 0 Å². The number of nitrogens with one attached hydrogen (secondary N) is 1. The molecule has 0 spiro atoms. The first kappa shape index (κ1) is 14.5. The first-order valence-corrected chi connectivity index (χ1v) is 6.27. The van der Waals surface area contributed by atoms with Crippen LogP contribution in [-0.2, 0) is 14.4 Å². The van der Waals surface area contributed by atoms with Gasteiger partial charge in [-0.1, -0.05) is 13.3 Å². The third-order valence-corrected chi connectivity index (χ3v) is 3.15. The van der Waals surface area contributed by atoms with E-state index >= 15 is 0 Å². The van der Waals surface area contributed by atoms with Gasteiger partial charge in [0.25, 0.3) is 0 Å². The van der Waals surface area contributed by atoms with E-state index in [2.05, 4.69) is 5.32 Å². The molecule has 0 aromatic rings. The maximum atomic E-state index is 12.0. The molecule has 6 heteroatoms. The molecule has 2 amide bonds. The lowest BCUT2D eigenvalue weighted by Crippen LogP contribution is -2.50. The predicted molar refractivity (Wildman–Crippen MR) is 64.9 cm³/mol. The molecule has 0 aromatic heterocycles.